The van der Waals surface area contributed by atoms with Gasteiger partial charge in [0.25, 0.3) is 5.56 Å². The lowest BCUT2D eigenvalue weighted by Crippen LogP contribution is -2.40. The van der Waals surface area contributed by atoms with Crippen LogP contribution in [0.15, 0.2) is 88.7 Å². The summed E-state index contributed by atoms with van der Waals surface area (Å²) >= 11 is 6.23. The third-order valence-corrected chi connectivity index (χ3v) is 6.26. The molecule has 5 rings (SSSR count). The number of imidazole rings is 1. The second kappa shape index (κ2) is 8.80. The van der Waals surface area contributed by atoms with Gasteiger partial charge in [-0.25, -0.2) is 14.3 Å². The van der Waals surface area contributed by atoms with Crippen molar-refractivity contribution in [1.82, 2.24) is 18.7 Å². The van der Waals surface area contributed by atoms with Crippen LogP contribution in [0.5, 0.6) is 0 Å². The summed E-state index contributed by atoms with van der Waals surface area (Å²) in [6.45, 7) is 4.66. The van der Waals surface area contributed by atoms with E-state index >= 15 is 0 Å². The SMILES string of the molecule is Cc1ccc(Cn2c(=O)c3c(ncn3Cc3ccccc3C)n(-c3cccc(Cl)c3)c2=O)cc1. The first-order chi connectivity index (χ1) is 16.4. The fourth-order valence-corrected chi connectivity index (χ4v) is 4.32. The molecule has 3 aromatic carbocycles. The number of halogens is 1. The molecule has 0 saturated heterocycles. The van der Waals surface area contributed by atoms with E-state index in [2.05, 4.69) is 4.98 Å². The van der Waals surface area contributed by atoms with Gasteiger partial charge in [-0.05, 0) is 48.7 Å². The summed E-state index contributed by atoms with van der Waals surface area (Å²) in [4.78, 5) is 31.8. The van der Waals surface area contributed by atoms with E-state index in [0.717, 1.165) is 22.3 Å². The lowest BCUT2D eigenvalue weighted by Gasteiger charge is -2.14. The molecule has 0 spiro atoms. The van der Waals surface area contributed by atoms with E-state index in [1.807, 2.05) is 66.9 Å². The minimum absolute atomic E-state index is 0.157. The highest BCUT2D eigenvalue weighted by molar-refractivity contribution is 6.30. The quantitative estimate of drug-likeness (QED) is 0.373. The molecule has 0 bridgehead atoms. The molecule has 170 valence electrons. The van der Waals surface area contributed by atoms with Crippen LogP contribution in [-0.4, -0.2) is 18.7 Å². The second-order valence-electron chi connectivity index (χ2n) is 8.45. The minimum atomic E-state index is -0.457. The molecule has 0 unspecified atom stereocenters. The van der Waals surface area contributed by atoms with Crippen molar-refractivity contribution in [2.24, 2.45) is 0 Å². The molecule has 34 heavy (non-hydrogen) atoms. The van der Waals surface area contributed by atoms with Crippen LogP contribution in [0.25, 0.3) is 16.9 Å². The van der Waals surface area contributed by atoms with Crippen LogP contribution < -0.4 is 11.2 Å². The number of nitrogens with zero attached hydrogens (tertiary/aromatic N) is 4. The zero-order valence-corrected chi connectivity index (χ0v) is 19.7. The average molecular weight is 471 g/mol. The highest BCUT2D eigenvalue weighted by Gasteiger charge is 2.20. The summed E-state index contributed by atoms with van der Waals surface area (Å²) in [5.74, 6) is 0. The van der Waals surface area contributed by atoms with E-state index in [0.29, 0.717) is 28.4 Å². The first-order valence-corrected chi connectivity index (χ1v) is 11.4. The lowest BCUT2D eigenvalue weighted by atomic mass is 10.1. The van der Waals surface area contributed by atoms with Gasteiger partial charge in [-0.2, -0.15) is 0 Å². The van der Waals surface area contributed by atoms with Crippen molar-refractivity contribution in [3.05, 3.63) is 127 Å². The Balaban J connectivity index is 1.77. The van der Waals surface area contributed by atoms with Gasteiger partial charge in [0.15, 0.2) is 11.2 Å². The summed E-state index contributed by atoms with van der Waals surface area (Å²) in [5, 5.41) is 0.494. The van der Waals surface area contributed by atoms with Gasteiger partial charge in [-0.1, -0.05) is 71.8 Å². The summed E-state index contributed by atoms with van der Waals surface area (Å²) < 4.78 is 4.54. The molecule has 6 nitrogen and oxygen atoms in total. The monoisotopic (exact) mass is 470 g/mol. The predicted octanol–water partition coefficient (Wildman–Crippen LogP) is 4.72. The van der Waals surface area contributed by atoms with Crippen molar-refractivity contribution in [1.29, 1.82) is 0 Å². The topological polar surface area (TPSA) is 61.8 Å². The molecule has 2 aromatic heterocycles. The Hall–Kier alpha value is -3.90. The molecule has 7 heteroatoms. The van der Waals surface area contributed by atoms with Gasteiger partial charge in [0, 0.05) is 11.6 Å². The van der Waals surface area contributed by atoms with Gasteiger partial charge >= 0.3 is 5.69 Å². The Bertz CT molecular complexity index is 1630. The molecule has 0 saturated carbocycles. The van der Waals surface area contributed by atoms with Crippen molar-refractivity contribution in [2.45, 2.75) is 26.9 Å². The number of fused-ring (bicyclic) bond motifs is 1. The molecular formula is C27H23ClN4O2. The molecule has 0 amide bonds. The molecule has 0 N–H and O–H groups in total. The van der Waals surface area contributed by atoms with Crippen LogP contribution in [0.3, 0.4) is 0 Å². The van der Waals surface area contributed by atoms with E-state index in [9.17, 15) is 9.59 Å². The zero-order chi connectivity index (χ0) is 23.8. The van der Waals surface area contributed by atoms with Crippen molar-refractivity contribution < 1.29 is 0 Å². The van der Waals surface area contributed by atoms with Crippen LogP contribution in [0, 0.1) is 13.8 Å². The molecule has 0 atom stereocenters. The summed E-state index contributed by atoms with van der Waals surface area (Å²) in [7, 11) is 0. The molecular weight excluding hydrogens is 448 g/mol. The average Bonchev–Trinajstić information content (AvgIpc) is 3.23. The maximum atomic E-state index is 13.7. The first-order valence-electron chi connectivity index (χ1n) is 11.0. The fraction of sp³-hybridized carbons (Fsp3) is 0.148. The molecule has 0 aliphatic carbocycles. The molecule has 0 radical (unpaired) electrons. The van der Waals surface area contributed by atoms with E-state index in [1.165, 1.54) is 9.13 Å². The van der Waals surface area contributed by atoms with Crippen molar-refractivity contribution in [3.8, 4) is 5.69 Å². The van der Waals surface area contributed by atoms with Crippen molar-refractivity contribution in [3.63, 3.8) is 0 Å². The second-order valence-corrected chi connectivity index (χ2v) is 8.88. The fourth-order valence-electron chi connectivity index (χ4n) is 4.13. The third kappa shape index (κ3) is 3.97. The third-order valence-electron chi connectivity index (χ3n) is 6.03. The van der Waals surface area contributed by atoms with Gasteiger partial charge < -0.3 is 4.57 Å². The number of hydrogen-bond acceptors (Lipinski definition) is 3. The predicted molar refractivity (Wildman–Crippen MR) is 135 cm³/mol. The lowest BCUT2D eigenvalue weighted by molar-refractivity contribution is 0.677. The molecule has 5 aromatic rings. The largest absolute Gasteiger partial charge is 0.337 e. The molecule has 0 fully saturated rings. The zero-order valence-electron chi connectivity index (χ0n) is 18.9. The number of benzene rings is 3. The Morgan fingerprint density at radius 3 is 2.38 bits per heavy atom. The standard InChI is InChI=1S/C27H23ClN4O2/c1-18-10-12-20(13-11-18)15-31-26(33)24-25(32(27(31)34)23-9-5-8-22(28)14-23)29-17-30(24)16-21-7-4-3-6-19(21)2/h3-14,17H,15-16H2,1-2H3. The van der Waals surface area contributed by atoms with Gasteiger partial charge in [-0.3, -0.25) is 9.36 Å². The van der Waals surface area contributed by atoms with Gasteiger partial charge in [-0.15, -0.1) is 0 Å². The number of hydrogen-bond donors (Lipinski definition) is 0. The normalized spacial score (nSPS) is 11.3. The minimum Gasteiger partial charge on any atom is -0.320 e. The van der Waals surface area contributed by atoms with Crippen LogP contribution in [0.4, 0.5) is 0 Å². The number of aromatic nitrogens is 4. The maximum absolute atomic E-state index is 13.7. The molecule has 0 aliphatic heterocycles. The van der Waals surface area contributed by atoms with Gasteiger partial charge in [0.05, 0.1) is 18.6 Å². The van der Waals surface area contributed by atoms with E-state index in [-0.39, 0.29) is 12.1 Å². The van der Waals surface area contributed by atoms with Crippen LogP contribution in [0.1, 0.15) is 22.3 Å². The van der Waals surface area contributed by atoms with Crippen molar-refractivity contribution in [2.75, 3.05) is 0 Å². The summed E-state index contributed by atoms with van der Waals surface area (Å²) in [5.41, 5.74) is 4.58. The first kappa shape index (κ1) is 21.9. The van der Waals surface area contributed by atoms with E-state index in [4.69, 9.17) is 11.6 Å². The van der Waals surface area contributed by atoms with Gasteiger partial charge in [0.2, 0.25) is 0 Å². The number of rotatable bonds is 5. The van der Waals surface area contributed by atoms with E-state index < -0.39 is 5.69 Å². The van der Waals surface area contributed by atoms with Gasteiger partial charge in [0.1, 0.15) is 0 Å². The Labute approximate surface area is 201 Å². The van der Waals surface area contributed by atoms with E-state index in [1.54, 1.807) is 30.6 Å². The van der Waals surface area contributed by atoms with Crippen LogP contribution >= 0.6 is 11.6 Å². The van der Waals surface area contributed by atoms with Crippen LogP contribution in [-0.2, 0) is 13.1 Å². The molecule has 2 heterocycles. The highest BCUT2D eigenvalue weighted by Crippen LogP contribution is 2.19. The number of aryl methyl sites for hydroxylation is 2. The Morgan fingerprint density at radius 1 is 0.882 bits per heavy atom. The summed E-state index contributed by atoms with van der Waals surface area (Å²) in [6.07, 6.45) is 1.62. The Morgan fingerprint density at radius 2 is 1.65 bits per heavy atom. The highest BCUT2D eigenvalue weighted by atomic mass is 35.5. The molecule has 0 aliphatic rings. The smallest absolute Gasteiger partial charge is 0.320 e. The van der Waals surface area contributed by atoms with Crippen LogP contribution in [0.2, 0.25) is 5.02 Å². The maximum Gasteiger partial charge on any atom is 0.337 e. The Kier molecular flexibility index (Phi) is 5.67. The van der Waals surface area contributed by atoms with Crippen molar-refractivity contribution >= 4 is 22.8 Å². The summed E-state index contributed by atoms with van der Waals surface area (Å²) in [6, 6.07) is 22.8.